The van der Waals surface area contributed by atoms with Crippen LogP contribution in [0.3, 0.4) is 0 Å². The molecule has 32 heavy (non-hydrogen) atoms. The molecule has 2 aromatic carbocycles. The van der Waals surface area contributed by atoms with Gasteiger partial charge in [-0.15, -0.1) is 0 Å². The number of fused-ring (bicyclic) bond motifs is 1. The Kier molecular flexibility index (Phi) is 7.07. The van der Waals surface area contributed by atoms with Gasteiger partial charge in [0.2, 0.25) is 0 Å². The Morgan fingerprint density at radius 1 is 1.22 bits per heavy atom. The number of halogens is 2. The van der Waals surface area contributed by atoms with Crippen molar-refractivity contribution in [3.05, 3.63) is 65.1 Å². The van der Waals surface area contributed by atoms with E-state index in [1.54, 1.807) is 24.4 Å². The number of nitrogens with zero attached hydrogens (tertiary/aromatic N) is 2. The first-order chi connectivity index (χ1) is 15.5. The van der Waals surface area contributed by atoms with Crippen LogP contribution in [0.5, 0.6) is 11.5 Å². The van der Waals surface area contributed by atoms with Crippen LogP contribution in [0.1, 0.15) is 18.4 Å². The second kappa shape index (κ2) is 10.1. The van der Waals surface area contributed by atoms with Gasteiger partial charge in [-0.2, -0.15) is 0 Å². The first kappa shape index (κ1) is 22.3. The van der Waals surface area contributed by atoms with E-state index in [4.69, 9.17) is 21.1 Å². The van der Waals surface area contributed by atoms with Crippen LogP contribution < -0.4 is 14.8 Å². The number of aromatic nitrogens is 1. The van der Waals surface area contributed by atoms with E-state index >= 15 is 0 Å². The molecule has 0 aliphatic carbocycles. The molecule has 0 bridgehead atoms. The lowest BCUT2D eigenvalue weighted by atomic mass is 10.0. The molecule has 1 fully saturated rings. The lowest BCUT2D eigenvalue weighted by Gasteiger charge is -2.32. The second-order valence-electron chi connectivity index (χ2n) is 7.82. The standard InChI is InChI=1S/C24H25ClFN3O3/c1-31-21-6-4-16(13-20(21)26)14-29-11-8-17(9-12-29)28-23(30)15-32-22-7-5-19(25)18-3-2-10-27-24(18)22/h2-7,10,13,17H,8-9,11-12,14-15H2,1H3,(H,28,30). The number of piperidine rings is 1. The molecule has 1 aliphatic heterocycles. The summed E-state index contributed by atoms with van der Waals surface area (Å²) in [5.41, 5.74) is 1.54. The fourth-order valence-electron chi connectivity index (χ4n) is 3.94. The van der Waals surface area contributed by atoms with E-state index in [1.807, 2.05) is 18.2 Å². The Balaban J connectivity index is 1.24. The first-order valence-corrected chi connectivity index (χ1v) is 10.9. The Morgan fingerprint density at radius 2 is 2.00 bits per heavy atom. The van der Waals surface area contributed by atoms with E-state index in [2.05, 4.69) is 15.2 Å². The minimum atomic E-state index is -0.351. The highest BCUT2D eigenvalue weighted by molar-refractivity contribution is 6.35. The summed E-state index contributed by atoms with van der Waals surface area (Å²) in [7, 11) is 1.46. The van der Waals surface area contributed by atoms with Gasteiger partial charge in [-0.25, -0.2) is 4.39 Å². The van der Waals surface area contributed by atoms with E-state index in [1.165, 1.54) is 13.2 Å². The molecular weight excluding hydrogens is 433 g/mol. The van der Waals surface area contributed by atoms with Gasteiger partial charge < -0.3 is 14.8 Å². The van der Waals surface area contributed by atoms with E-state index in [-0.39, 0.29) is 30.1 Å². The lowest BCUT2D eigenvalue weighted by Crippen LogP contribution is -2.45. The van der Waals surface area contributed by atoms with Crippen LogP contribution >= 0.6 is 11.6 Å². The molecule has 0 atom stereocenters. The highest BCUT2D eigenvalue weighted by atomic mass is 35.5. The van der Waals surface area contributed by atoms with Gasteiger partial charge in [-0.3, -0.25) is 14.7 Å². The number of hydrogen-bond donors (Lipinski definition) is 1. The van der Waals surface area contributed by atoms with E-state index in [9.17, 15) is 9.18 Å². The van der Waals surface area contributed by atoms with Crippen molar-refractivity contribution in [2.75, 3.05) is 26.8 Å². The number of carbonyl (C=O) groups excluding carboxylic acids is 1. The summed E-state index contributed by atoms with van der Waals surface area (Å²) in [5, 5.41) is 4.42. The average Bonchev–Trinajstić information content (AvgIpc) is 2.80. The number of amides is 1. The number of nitrogens with one attached hydrogen (secondary N) is 1. The average molecular weight is 458 g/mol. The van der Waals surface area contributed by atoms with Crippen LogP contribution in [-0.4, -0.2) is 48.6 Å². The Labute approximate surface area is 191 Å². The SMILES string of the molecule is COc1ccc(CN2CCC(NC(=O)COc3ccc(Cl)c4cccnc34)CC2)cc1F. The highest BCUT2D eigenvalue weighted by Gasteiger charge is 2.21. The molecule has 1 saturated heterocycles. The highest BCUT2D eigenvalue weighted by Crippen LogP contribution is 2.29. The third-order valence-electron chi connectivity index (χ3n) is 5.61. The van der Waals surface area contributed by atoms with Gasteiger partial charge in [-0.1, -0.05) is 17.7 Å². The van der Waals surface area contributed by atoms with Gasteiger partial charge in [0.1, 0.15) is 11.3 Å². The molecule has 6 nitrogen and oxygen atoms in total. The molecule has 0 unspecified atom stereocenters. The Bertz CT molecular complexity index is 1100. The lowest BCUT2D eigenvalue weighted by molar-refractivity contribution is -0.124. The molecule has 3 aromatic rings. The molecule has 1 N–H and O–H groups in total. The van der Waals surface area contributed by atoms with Gasteiger partial charge in [-0.05, 0) is 54.8 Å². The summed E-state index contributed by atoms with van der Waals surface area (Å²) < 4.78 is 24.6. The largest absolute Gasteiger partial charge is 0.494 e. The number of methoxy groups -OCH3 is 1. The molecule has 168 valence electrons. The summed E-state index contributed by atoms with van der Waals surface area (Å²) in [6.07, 6.45) is 3.32. The summed E-state index contributed by atoms with van der Waals surface area (Å²) in [6, 6.07) is 12.3. The van der Waals surface area contributed by atoms with Crippen molar-refractivity contribution in [2.45, 2.75) is 25.4 Å². The zero-order valence-corrected chi connectivity index (χ0v) is 18.6. The van der Waals surface area contributed by atoms with Crippen LogP contribution in [0, 0.1) is 5.82 Å². The maximum Gasteiger partial charge on any atom is 0.258 e. The number of rotatable bonds is 7. The Morgan fingerprint density at radius 3 is 2.75 bits per heavy atom. The van der Waals surface area contributed by atoms with Crippen LogP contribution in [0.15, 0.2) is 48.7 Å². The van der Waals surface area contributed by atoms with Crippen molar-refractivity contribution in [2.24, 2.45) is 0 Å². The van der Waals surface area contributed by atoms with Crippen molar-refractivity contribution in [3.8, 4) is 11.5 Å². The molecular formula is C24H25ClFN3O3. The second-order valence-corrected chi connectivity index (χ2v) is 8.23. The zero-order valence-electron chi connectivity index (χ0n) is 17.8. The maximum atomic E-state index is 13.9. The van der Waals surface area contributed by atoms with Crippen molar-refractivity contribution < 1.29 is 18.7 Å². The fraction of sp³-hybridized carbons (Fsp3) is 0.333. The van der Waals surface area contributed by atoms with Crippen molar-refractivity contribution >= 4 is 28.4 Å². The van der Waals surface area contributed by atoms with Crippen LogP contribution in [0.25, 0.3) is 10.9 Å². The minimum absolute atomic E-state index is 0.0847. The number of benzene rings is 2. The number of likely N-dealkylation sites (tertiary alicyclic amines) is 1. The van der Waals surface area contributed by atoms with Gasteiger partial charge >= 0.3 is 0 Å². The smallest absolute Gasteiger partial charge is 0.258 e. The van der Waals surface area contributed by atoms with Gasteiger partial charge in [0.25, 0.3) is 5.91 Å². The molecule has 1 aliphatic rings. The number of hydrogen-bond acceptors (Lipinski definition) is 5. The van der Waals surface area contributed by atoms with Crippen molar-refractivity contribution in [1.29, 1.82) is 0 Å². The fourth-order valence-corrected chi connectivity index (χ4v) is 4.16. The van der Waals surface area contributed by atoms with Crippen LogP contribution in [-0.2, 0) is 11.3 Å². The molecule has 1 aromatic heterocycles. The molecule has 2 heterocycles. The summed E-state index contributed by atoms with van der Waals surface area (Å²) >= 11 is 6.20. The molecule has 1 amide bonds. The van der Waals surface area contributed by atoms with Gasteiger partial charge in [0.15, 0.2) is 18.2 Å². The molecule has 8 heteroatoms. The normalized spacial score (nSPS) is 15.0. The third-order valence-corrected chi connectivity index (χ3v) is 5.94. The van der Waals surface area contributed by atoms with Gasteiger partial charge in [0, 0.05) is 37.3 Å². The number of pyridine rings is 1. The first-order valence-electron chi connectivity index (χ1n) is 10.5. The van der Waals surface area contributed by atoms with E-state index < -0.39 is 0 Å². The quantitative estimate of drug-likeness (QED) is 0.576. The van der Waals surface area contributed by atoms with E-state index in [0.717, 1.165) is 36.9 Å². The monoisotopic (exact) mass is 457 g/mol. The van der Waals surface area contributed by atoms with Crippen molar-refractivity contribution in [1.82, 2.24) is 15.2 Å². The molecule has 0 spiro atoms. The van der Waals surface area contributed by atoms with Gasteiger partial charge in [0.05, 0.1) is 12.1 Å². The predicted molar refractivity (Wildman–Crippen MR) is 122 cm³/mol. The summed E-state index contributed by atoms with van der Waals surface area (Å²) in [4.78, 5) is 19.0. The predicted octanol–water partition coefficient (Wildman–Crippen LogP) is 4.20. The number of carbonyl (C=O) groups is 1. The molecule has 0 saturated carbocycles. The van der Waals surface area contributed by atoms with E-state index in [0.29, 0.717) is 22.8 Å². The molecule has 4 rings (SSSR count). The van der Waals surface area contributed by atoms with Crippen LogP contribution in [0.2, 0.25) is 5.02 Å². The summed E-state index contributed by atoms with van der Waals surface area (Å²) in [6.45, 7) is 2.23. The zero-order chi connectivity index (χ0) is 22.5. The summed E-state index contributed by atoms with van der Waals surface area (Å²) in [5.74, 6) is 0.261. The minimum Gasteiger partial charge on any atom is -0.494 e. The Hall–Kier alpha value is -2.90. The topological polar surface area (TPSA) is 63.7 Å². The van der Waals surface area contributed by atoms with Crippen LogP contribution in [0.4, 0.5) is 4.39 Å². The maximum absolute atomic E-state index is 13.9. The van der Waals surface area contributed by atoms with Crippen molar-refractivity contribution in [3.63, 3.8) is 0 Å². The molecule has 0 radical (unpaired) electrons. The third kappa shape index (κ3) is 5.29. The number of ether oxygens (including phenoxy) is 2.